The van der Waals surface area contributed by atoms with Crippen LogP contribution < -0.4 is 9.84 Å². The van der Waals surface area contributed by atoms with Gasteiger partial charge in [-0.3, -0.25) is 14.5 Å². The predicted octanol–water partition coefficient (Wildman–Crippen LogP) is 0.405. The van der Waals surface area contributed by atoms with Gasteiger partial charge in [0.15, 0.2) is 0 Å². The van der Waals surface area contributed by atoms with Gasteiger partial charge < -0.3 is 24.3 Å². The van der Waals surface area contributed by atoms with Crippen LogP contribution in [0.25, 0.3) is 0 Å². The standard InChI is InChI=1S/C21H26N2O6/c1-28-16-7-3-6-15(12-16)19(25)23-17(20(26)27)13-29-21(23)8-10-22(11-9-21)18(24)14-4-2-5-14/h3,6-7,12,14,17H,2,4-5,8-11,13H2,1H3,(H,26,27)/p-1/t17-/m1/s1. The smallest absolute Gasteiger partial charge is 0.256 e. The lowest BCUT2D eigenvalue weighted by Gasteiger charge is -2.46. The molecule has 8 nitrogen and oxygen atoms in total. The van der Waals surface area contributed by atoms with Gasteiger partial charge in [0, 0.05) is 37.4 Å². The number of amides is 2. The summed E-state index contributed by atoms with van der Waals surface area (Å²) >= 11 is 0. The van der Waals surface area contributed by atoms with E-state index in [0.717, 1.165) is 19.3 Å². The second kappa shape index (κ2) is 7.67. The summed E-state index contributed by atoms with van der Waals surface area (Å²) in [6.45, 7) is 0.766. The first kappa shape index (κ1) is 19.7. The van der Waals surface area contributed by atoms with Gasteiger partial charge in [0.05, 0.1) is 25.7 Å². The Morgan fingerprint density at radius 1 is 1.21 bits per heavy atom. The first-order valence-corrected chi connectivity index (χ1v) is 10.1. The predicted molar refractivity (Wildman–Crippen MR) is 99.8 cm³/mol. The fourth-order valence-electron chi connectivity index (χ4n) is 4.43. The molecule has 1 aromatic rings. The van der Waals surface area contributed by atoms with Crippen molar-refractivity contribution in [3.63, 3.8) is 0 Å². The van der Waals surface area contributed by atoms with E-state index in [0.29, 0.717) is 37.2 Å². The van der Waals surface area contributed by atoms with Gasteiger partial charge in [-0.2, -0.15) is 0 Å². The van der Waals surface area contributed by atoms with Crippen LogP contribution in [-0.4, -0.2) is 66.2 Å². The molecule has 29 heavy (non-hydrogen) atoms. The number of aliphatic carboxylic acids is 1. The molecule has 0 aromatic heterocycles. The van der Waals surface area contributed by atoms with Crippen LogP contribution in [0.3, 0.4) is 0 Å². The number of carboxylic acids is 1. The quantitative estimate of drug-likeness (QED) is 0.724. The van der Waals surface area contributed by atoms with E-state index in [1.54, 1.807) is 24.3 Å². The molecule has 1 spiro atoms. The van der Waals surface area contributed by atoms with Crippen LogP contribution in [0.1, 0.15) is 42.5 Å². The molecule has 1 aliphatic carbocycles. The number of ether oxygens (including phenoxy) is 2. The van der Waals surface area contributed by atoms with Gasteiger partial charge >= 0.3 is 0 Å². The molecule has 2 aliphatic heterocycles. The Balaban J connectivity index is 1.56. The Hall–Kier alpha value is -2.61. The van der Waals surface area contributed by atoms with E-state index in [9.17, 15) is 19.5 Å². The van der Waals surface area contributed by atoms with Crippen molar-refractivity contribution < 1.29 is 29.0 Å². The molecular formula is C21H25N2O6-. The Morgan fingerprint density at radius 3 is 2.52 bits per heavy atom. The van der Waals surface area contributed by atoms with E-state index in [2.05, 4.69) is 0 Å². The molecule has 3 aliphatic rings. The van der Waals surface area contributed by atoms with Crippen LogP contribution in [0.5, 0.6) is 5.75 Å². The Morgan fingerprint density at radius 2 is 1.93 bits per heavy atom. The van der Waals surface area contributed by atoms with Gasteiger partial charge in [-0.1, -0.05) is 12.5 Å². The van der Waals surface area contributed by atoms with E-state index in [4.69, 9.17) is 9.47 Å². The van der Waals surface area contributed by atoms with Gasteiger partial charge in [-0.15, -0.1) is 0 Å². The molecule has 1 atom stereocenters. The lowest BCUT2D eigenvalue weighted by Crippen LogP contribution is -2.60. The Labute approximate surface area is 169 Å². The maximum atomic E-state index is 13.3. The van der Waals surface area contributed by atoms with Crippen molar-refractivity contribution in [2.24, 2.45) is 5.92 Å². The van der Waals surface area contributed by atoms with Crippen molar-refractivity contribution in [1.82, 2.24) is 9.80 Å². The summed E-state index contributed by atoms with van der Waals surface area (Å²) in [6, 6.07) is 5.44. The summed E-state index contributed by atoms with van der Waals surface area (Å²) < 4.78 is 11.1. The normalized spacial score (nSPS) is 23.7. The zero-order valence-electron chi connectivity index (χ0n) is 16.5. The highest BCUT2D eigenvalue weighted by Gasteiger charge is 2.52. The van der Waals surface area contributed by atoms with Crippen LogP contribution in [0.15, 0.2) is 24.3 Å². The third kappa shape index (κ3) is 3.46. The number of methoxy groups -OCH3 is 1. The average Bonchev–Trinajstić information content (AvgIpc) is 3.05. The number of hydrogen-bond acceptors (Lipinski definition) is 6. The highest BCUT2D eigenvalue weighted by molar-refractivity contribution is 5.97. The first-order valence-electron chi connectivity index (χ1n) is 10.1. The number of carbonyl (C=O) groups is 3. The number of carboxylic acid groups (broad SMARTS) is 1. The number of piperidine rings is 1. The molecule has 2 saturated heterocycles. The summed E-state index contributed by atoms with van der Waals surface area (Å²) in [7, 11) is 1.50. The van der Waals surface area contributed by atoms with E-state index in [1.807, 2.05) is 4.90 Å². The summed E-state index contributed by atoms with van der Waals surface area (Å²) in [4.78, 5) is 40.7. The lowest BCUT2D eigenvalue weighted by molar-refractivity contribution is -0.310. The zero-order chi connectivity index (χ0) is 20.6. The highest BCUT2D eigenvalue weighted by Crippen LogP contribution is 2.39. The monoisotopic (exact) mass is 401 g/mol. The molecule has 3 fully saturated rings. The summed E-state index contributed by atoms with van der Waals surface area (Å²) in [5.41, 5.74) is -0.713. The van der Waals surface area contributed by atoms with E-state index in [1.165, 1.54) is 12.0 Å². The minimum Gasteiger partial charge on any atom is -0.548 e. The largest absolute Gasteiger partial charge is 0.548 e. The fourth-order valence-corrected chi connectivity index (χ4v) is 4.43. The lowest BCUT2D eigenvalue weighted by atomic mass is 9.83. The topological polar surface area (TPSA) is 99.2 Å². The van der Waals surface area contributed by atoms with Gasteiger partial charge in [-0.05, 0) is 31.0 Å². The second-order valence-corrected chi connectivity index (χ2v) is 7.95. The number of likely N-dealkylation sites (tertiary alicyclic amines) is 1. The molecule has 0 N–H and O–H groups in total. The van der Waals surface area contributed by atoms with Gasteiger partial charge in [0.2, 0.25) is 5.91 Å². The maximum absolute atomic E-state index is 13.3. The van der Waals surface area contributed by atoms with E-state index >= 15 is 0 Å². The molecule has 0 radical (unpaired) electrons. The van der Waals surface area contributed by atoms with Crippen molar-refractivity contribution >= 4 is 17.8 Å². The highest BCUT2D eigenvalue weighted by atomic mass is 16.5. The summed E-state index contributed by atoms with van der Waals surface area (Å²) in [5.74, 6) is -0.998. The Kier molecular flexibility index (Phi) is 5.21. The maximum Gasteiger partial charge on any atom is 0.256 e. The van der Waals surface area contributed by atoms with E-state index in [-0.39, 0.29) is 18.4 Å². The molecule has 1 aromatic carbocycles. The van der Waals surface area contributed by atoms with Crippen LogP contribution in [0, 0.1) is 5.92 Å². The first-order chi connectivity index (χ1) is 13.9. The molecule has 0 bridgehead atoms. The van der Waals surface area contributed by atoms with Gasteiger partial charge in [0.1, 0.15) is 11.5 Å². The molecular weight excluding hydrogens is 376 g/mol. The minimum absolute atomic E-state index is 0.110. The van der Waals surface area contributed by atoms with Crippen molar-refractivity contribution in [3.8, 4) is 5.75 Å². The molecule has 1 saturated carbocycles. The third-order valence-electron chi connectivity index (χ3n) is 6.38. The summed E-state index contributed by atoms with van der Waals surface area (Å²) in [5, 5.41) is 11.7. The number of rotatable bonds is 4. The zero-order valence-corrected chi connectivity index (χ0v) is 16.5. The minimum atomic E-state index is -1.34. The van der Waals surface area contributed by atoms with Crippen molar-refractivity contribution in [3.05, 3.63) is 29.8 Å². The molecule has 2 amide bonds. The van der Waals surface area contributed by atoms with Crippen LogP contribution in [0.4, 0.5) is 0 Å². The fraction of sp³-hybridized carbons (Fsp3) is 0.571. The average molecular weight is 401 g/mol. The SMILES string of the molecule is COc1cccc(C(=O)N2[C@@H](C(=O)[O-])COC23CCN(C(=O)C2CCC2)CC3)c1. The van der Waals surface area contributed by atoms with Crippen LogP contribution in [0.2, 0.25) is 0 Å². The van der Waals surface area contributed by atoms with Crippen molar-refractivity contribution in [1.29, 1.82) is 0 Å². The molecule has 8 heteroatoms. The van der Waals surface area contributed by atoms with E-state index < -0.39 is 23.6 Å². The third-order valence-corrected chi connectivity index (χ3v) is 6.38. The molecule has 0 unspecified atom stereocenters. The number of nitrogens with zero attached hydrogens (tertiary/aromatic N) is 2. The number of carbonyl (C=O) groups excluding carboxylic acids is 3. The number of benzene rings is 1. The molecule has 2 heterocycles. The summed E-state index contributed by atoms with van der Waals surface area (Å²) in [6.07, 6.45) is 3.72. The van der Waals surface area contributed by atoms with Crippen molar-refractivity contribution in [2.45, 2.75) is 43.9 Å². The van der Waals surface area contributed by atoms with Crippen LogP contribution in [-0.2, 0) is 14.3 Å². The van der Waals surface area contributed by atoms with Gasteiger partial charge in [0.25, 0.3) is 5.91 Å². The van der Waals surface area contributed by atoms with Gasteiger partial charge in [-0.25, -0.2) is 0 Å². The van der Waals surface area contributed by atoms with Crippen molar-refractivity contribution in [2.75, 3.05) is 26.8 Å². The Bertz CT molecular complexity index is 813. The van der Waals surface area contributed by atoms with Crippen LogP contribution >= 0.6 is 0 Å². The molecule has 156 valence electrons. The number of hydrogen-bond donors (Lipinski definition) is 0. The second-order valence-electron chi connectivity index (χ2n) is 7.95. The molecule has 4 rings (SSSR count).